The Bertz CT molecular complexity index is 818. The predicted octanol–water partition coefficient (Wildman–Crippen LogP) is 13.6. The number of aliphatic hydroxyl groups is 2. The minimum Gasteiger partial charge on any atom is -0.396 e. The van der Waals surface area contributed by atoms with Crippen molar-refractivity contribution in [3.8, 4) is 0 Å². The lowest BCUT2D eigenvalue weighted by Crippen LogP contribution is -2.36. The monoisotopic (exact) mass is 904 g/mol. The highest BCUT2D eigenvalue weighted by Gasteiger charge is 2.18. The van der Waals surface area contributed by atoms with E-state index < -0.39 is 6.23 Å². The molecule has 1 atom stereocenters. The normalized spacial score (nSPS) is 11.9. The maximum atomic E-state index is 12.1. The predicted molar refractivity (Wildman–Crippen MR) is 270 cm³/mol. The van der Waals surface area contributed by atoms with Gasteiger partial charge in [-0.05, 0) is 64.8 Å². The van der Waals surface area contributed by atoms with Crippen LogP contribution in [0.5, 0.6) is 0 Å². The average Bonchev–Trinajstić information content (AvgIpc) is 3.26. The van der Waals surface area contributed by atoms with Gasteiger partial charge in [-0.1, -0.05) is 207 Å². The van der Waals surface area contributed by atoms with Crippen LogP contribution >= 0.6 is 0 Å². The zero-order valence-electron chi connectivity index (χ0n) is 43.1. The number of nitrogens with one attached hydrogen (secondary N) is 2. The van der Waals surface area contributed by atoms with E-state index in [-0.39, 0.29) is 18.1 Å². The Balaban J connectivity index is -0.00000135. The van der Waals surface area contributed by atoms with Gasteiger partial charge < -0.3 is 30.7 Å². The first-order valence-corrected chi connectivity index (χ1v) is 27.1. The van der Waals surface area contributed by atoms with Crippen molar-refractivity contribution in [2.45, 2.75) is 278 Å². The first-order valence-electron chi connectivity index (χ1n) is 27.1. The van der Waals surface area contributed by atoms with Crippen LogP contribution < -0.4 is 16.4 Å². The fourth-order valence-electron chi connectivity index (χ4n) is 7.28. The second-order valence-electron chi connectivity index (χ2n) is 19.1. The number of amides is 1. The molecule has 0 aliphatic carbocycles. The minimum atomic E-state index is -0.504. The van der Waals surface area contributed by atoms with E-state index in [2.05, 4.69) is 57.1 Å². The molecule has 0 rings (SSSR count). The lowest BCUT2D eigenvalue weighted by atomic mass is 10.0. The van der Waals surface area contributed by atoms with Gasteiger partial charge in [0.2, 0.25) is 5.91 Å². The largest absolute Gasteiger partial charge is 0.396 e. The molecule has 10 heteroatoms. The van der Waals surface area contributed by atoms with E-state index in [0.717, 1.165) is 58.1 Å². The van der Waals surface area contributed by atoms with Crippen molar-refractivity contribution in [1.29, 1.82) is 0 Å². The summed E-state index contributed by atoms with van der Waals surface area (Å²) < 4.78 is 11.6. The second kappa shape index (κ2) is 57.3. The lowest BCUT2D eigenvalue weighted by Gasteiger charge is -2.26. The van der Waals surface area contributed by atoms with Crippen LogP contribution in [0, 0.1) is 5.92 Å². The third-order valence-electron chi connectivity index (χ3n) is 11.6. The highest BCUT2D eigenvalue weighted by Crippen LogP contribution is 2.17. The molecule has 382 valence electrons. The summed E-state index contributed by atoms with van der Waals surface area (Å²) in [6.07, 6.45) is 44.1. The molecule has 10 nitrogen and oxygen atoms in total. The summed E-state index contributed by atoms with van der Waals surface area (Å²) in [6.45, 7) is 17.1. The summed E-state index contributed by atoms with van der Waals surface area (Å²) in [5.41, 5.74) is 4.56. The number of hydrogen-bond donors (Lipinski definition) is 6. The molecule has 7 N–H and O–H groups in total. The standard InChI is InChI=1S/C34H70N2O5.C17H36O.C2H7NO/c1-6-7-8-9-10-11-12-13-14-15-16-17-18-22-28-39-30-33(41-38)36-26-21-19-20-23-32(37)35-27-25-34(4,5)40-29-24-31(2)3;1-2-3-4-5-6-7-8-9-10-11-12-13-14-15-16-17-18;3-1-2-4/h31,33,36,38H,6-30H2,1-5H3,(H,35,37);18H,2-17H2,1H3;4H,1-3H2. The number of ether oxygens (including phenoxy) is 2. The molecule has 0 spiro atoms. The number of carbonyl (C=O) groups is 1. The first kappa shape index (κ1) is 66.4. The number of rotatable bonds is 48. The van der Waals surface area contributed by atoms with Gasteiger partial charge in [0.05, 0.1) is 18.8 Å². The highest BCUT2D eigenvalue weighted by atomic mass is 17.1. The van der Waals surface area contributed by atoms with Crippen molar-refractivity contribution in [2.24, 2.45) is 11.7 Å². The molecule has 0 aromatic rings. The van der Waals surface area contributed by atoms with Gasteiger partial charge in [0, 0.05) is 39.3 Å². The van der Waals surface area contributed by atoms with Crippen LogP contribution in [-0.4, -0.2) is 85.9 Å². The average molecular weight is 905 g/mol. The summed E-state index contributed by atoms with van der Waals surface area (Å²) in [6, 6.07) is 0. The summed E-state index contributed by atoms with van der Waals surface area (Å²) in [4.78, 5) is 16.6. The summed E-state index contributed by atoms with van der Waals surface area (Å²) >= 11 is 0. The molecule has 0 saturated carbocycles. The van der Waals surface area contributed by atoms with Gasteiger partial charge in [-0.2, -0.15) is 0 Å². The molecule has 0 aliphatic rings. The van der Waals surface area contributed by atoms with Gasteiger partial charge in [-0.15, -0.1) is 0 Å². The Kier molecular flexibility index (Phi) is 60.4. The van der Waals surface area contributed by atoms with Gasteiger partial charge in [0.15, 0.2) is 6.23 Å². The van der Waals surface area contributed by atoms with Crippen LogP contribution in [0.2, 0.25) is 0 Å². The molecule has 0 aliphatic heterocycles. The summed E-state index contributed by atoms with van der Waals surface area (Å²) in [5, 5.41) is 31.7. The quantitative estimate of drug-likeness (QED) is 0.0151. The molecule has 0 fully saturated rings. The van der Waals surface area contributed by atoms with E-state index in [1.165, 1.54) is 173 Å². The van der Waals surface area contributed by atoms with Gasteiger partial charge in [0.25, 0.3) is 0 Å². The molecule has 0 aromatic heterocycles. The van der Waals surface area contributed by atoms with E-state index in [0.29, 0.717) is 45.2 Å². The maximum Gasteiger partial charge on any atom is 0.219 e. The smallest absolute Gasteiger partial charge is 0.219 e. The van der Waals surface area contributed by atoms with Gasteiger partial charge in [-0.3, -0.25) is 15.4 Å². The van der Waals surface area contributed by atoms with Crippen LogP contribution in [0.3, 0.4) is 0 Å². The molecular formula is C53H113N3O7. The van der Waals surface area contributed by atoms with Crippen LogP contribution in [0.15, 0.2) is 0 Å². The van der Waals surface area contributed by atoms with Gasteiger partial charge in [0.1, 0.15) is 0 Å². The van der Waals surface area contributed by atoms with Gasteiger partial charge in [-0.25, -0.2) is 4.89 Å². The Labute approximate surface area is 392 Å². The van der Waals surface area contributed by atoms with Crippen LogP contribution in [0.4, 0.5) is 0 Å². The molecule has 1 amide bonds. The topological polar surface area (TPSA) is 156 Å². The molecule has 0 aromatic carbocycles. The van der Waals surface area contributed by atoms with Crippen LogP contribution in [0.25, 0.3) is 0 Å². The molecule has 63 heavy (non-hydrogen) atoms. The van der Waals surface area contributed by atoms with E-state index >= 15 is 0 Å². The van der Waals surface area contributed by atoms with E-state index in [9.17, 15) is 4.79 Å². The number of aliphatic hydroxyl groups excluding tert-OH is 2. The molecule has 1 unspecified atom stereocenters. The van der Waals surface area contributed by atoms with E-state index in [1.807, 2.05) is 0 Å². The second-order valence-corrected chi connectivity index (χ2v) is 19.1. The number of unbranched alkanes of at least 4 members (excludes halogenated alkanes) is 29. The van der Waals surface area contributed by atoms with Crippen LogP contribution in [-0.2, 0) is 19.2 Å². The third-order valence-corrected chi connectivity index (χ3v) is 11.6. The number of nitrogens with two attached hydrogens (primary N) is 1. The zero-order valence-corrected chi connectivity index (χ0v) is 43.1. The number of carbonyl (C=O) groups excluding carboxylic acids is 1. The van der Waals surface area contributed by atoms with Crippen molar-refractivity contribution in [2.75, 3.05) is 52.7 Å². The Hall–Kier alpha value is -0.850. The third kappa shape index (κ3) is 63.3. The SMILES string of the molecule is CCCCCCCCCCCCCCCCCO.CCCCCCCCCCCCCCCCOCC(NCCCCCC(=O)NCCC(C)(C)OCCC(C)C)OO.NCCO. The molecule has 0 bridgehead atoms. The maximum absolute atomic E-state index is 12.1. The van der Waals surface area contributed by atoms with Crippen molar-refractivity contribution in [1.82, 2.24) is 10.6 Å². The Morgan fingerprint density at radius 3 is 1.38 bits per heavy atom. The van der Waals surface area contributed by atoms with Crippen molar-refractivity contribution in [3.63, 3.8) is 0 Å². The van der Waals surface area contributed by atoms with Crippen LogP contribution in [0.1, 0.15) is 266 Å². The summed E-state index contributed by atoms with van der Waals surface area (Å²) in [7, 11) is 0. The Morgan fingerprint density at radius 2 is 0.984 bits per heavy atom. The molecule has 0 saturated heterocycles. The zero-order chi connectivity index (χ0) is 47.2. The lowest BCUT2D eigenvalue weighted by molar-refractivity contribution is -0.294. The minimum absolute atomic E-state index is 0.0972. The van der Waals surface area contributed by atoms with Crippen molar-refractivity contribution in [3.05, 3.63) is 0 Å². The van der Waals surface area contributed by atoms with E-state index in [4.69, 9.17) is 30.7 Å². The van der Waals surface area contributed by atoms with Gasteiger partial charge >= 0.3 is 0 Å². The highest BCUT2D eigenvalue weighted by molar-refractivity contribution is 5.75. The fourth-order valence-corrected chi connectivity index (χ4v) is 7.28. The molecule has 0 heterocycles. The fraction of sp³-hybridized carbons (Fsp3) is 0.981. The van der Waals surface area contributed by atoms with Crippen molar-refractivity contribution >= 4 is 5.91 Å². The number of hydrogen-bond acceptors (Lipinski definition) is 9. The molecule has 0 radical (unpaired) electrons. The van der Waals surface area contributed by atoms with E-state index in [1.54, 1.807) is 0 Å². The Morgan fingerprint density at radius 1 is 0.571 bits per heavy atom. The first-order chi connectivity index (χ1) is 30.6. The van der Waals surface area contributed by atoms with Crippen molar-refractivity contribution < 1.29 is 34.6 Å². The summed E-state index contributed by atoms with van der Waals surface area (Å²) in [5.74, 6) is 0.740. The molecular weight excluding hydrogens is 791 g/mol.